The molecular formula is C27H34N4O3S. The average molecular weight is 495 g/mol. The van der Waals surface area contributed by atoms with Crippen LogP contribution in [0.5, 0.6) is 5.75 Å². The molecule has 3 aromatic rings. The Labute approximate surface area is 210 Å². The quantitative estimate of drug-likeness (QED) is 0.499. The number of ether oxygens (including phenoxy) is 1. The highest BCUT2D eigenvalue weighted by molar-refractivity contribution is 7.18. The third-order valence-corrected chi connectivity index (χ3v) is 7.79. The highest BCUT2D eigenvalue weighted by Crippen LogP contribution is 2.26. The minimum Gasteiger partial charge on any atom is -0.491 e. The molecule has 186 valence electrons. The molecule has 1 aliphatic heterocycles. The van der Waals surface area contributed by atoms with Crippen LogP contribution in [0.25, 0.3) is 10.2 Å². The van der Waals surface area contributed by atoms with E-state index >= 15 is 0 Å². The van der Waals surface area contributed by atoms with Gasteiger partial charge in [-0.3, -0.25) is 14.6 Å². The molecule has 2 N–H and O–H groups in total. The van der Waals surface area contributed by atoms with Gasteiger partial charge in [-0.1, -0.05) is 6.07 Å². The van der Waals surface area contributed by atoms with Gasteiger partial charge in [-0.15, -0.1) is 11.3 Å². The third-order valence-electron chi connectivity index (χ3n) is 6.84. The summed E-state index contributed by atoms with van der Waals surface area (Å²) in [5.41, 5.74) is 4.64. The molecule has 7 nitrogen and oxygen atoms in total. The number of carbonyl (C=O) groups excluding carboxylic acids is 1. The number of benzene rings is 2. The minimum absolute atomic E-state index is 0.0370. The number of nitrogens with one attached hydrogen (secondary N) is 1. The van der Waals surface area contributed by atoms with Crippen LogP contribution in [0.3, 0.4) is 0 Å². The van der Waals surface area contributed by atoms with E-state index < -0.39 is 6.10 Å². The maximum atomic E-state index is 12.6. The fourth-order valence-electron chi connectivity index (χ4n) is 5.00. The van der Waals surface area contributed by atoms with E-state index in [1.54, 1.807) is 11.3 Å². The number of nitrogens with zero attached hydrogens (tertiary/aromatic N) is 3. The van der Waals surface area contributed by atoms with Gasteiger partial charge in [0.05, 0.1) is 21.8 Å². The zero-order valence-electron chi connectivity index (χ0n) is 20.3. The molecule has 5 rings (SSSR count). The lowest BCUT2D eigenvalue weighted by Gasteiger charge is -2.35. The molecule has 0 bridgehead atoms. The normalized spacial score (nSPS) is 17.8. The van der Waals surface area contributed by atoms with Crippen LogP contribution in [-0.2, 0) is 17.6 Å². The number of amides is 1. The lowest BCUT2D eigenvalue weighted by atomic mass is 9.91. The van der Waals surface area contributed by atoms with Crippen LogP contribution in [0.2, 0.25) is 0 Å². The lowest BCUT2D eigenvalue weighted by molar-refractivity contribution is -0.117. The maximum Gasteiger partial charge on any atom is 0.238 e. The number of rotatable bonds is 8. The van der Waals surface area contributed by atoms with Gasteiger partial charge in [-0.25, -0.2) is 4.98 Å². The van der Waals surface area contributed by atoms with Crippen molar-refractivity contribution in [1.29, 1.82) is 0 Å². The van der Waals surface area contributed by atoms with Gasteiger partial charge in [0.25, 0.3) is 0 Å². The van der Waals surface area contributed by atoms with Crippen molar-refractivity contribution in [2.45, 2.75) is 38.7 Å². The first kappa shape index (κ1) is 24.2. The van der Waals surface area contributed by atoms with Gasteiger partial charge in [0.1, 0.15) is 18.5 Å². The molecule has 2 heterocycles. The Morgan fingerprint density at radius 1 is 1.09 bits per heavy atom. The van der Waals surface area contributed by atoms with Crippen molar-refractivity contribution in [2.75, 3.05) is 51.2 Å². The molecule has 35 heavy (non-hydrogen) atoms. The third kappa shape index (κ3) is 6.38. The lowest BCUT2D eigenvalue weighted by Crippen LogP contribution is -2.50. The smallest absolute Gasteiger partial charge is 0.238 e. The predicted octanol–water partition coefficient (Wildman–Crippen LogP) is 3.48. The van der Waals surface area contributed by atoms with Crippen LogP contribution in [0.15, 0.2) is 36.4 Å². The van der Waals surface area contributed by atoms with Crippen LogP contribution in [0, 0.1) is 6.92 Å². The largest absolute Gasteiger partial charge is 0.491 e. The number of thiazole rings is 1. The summed E-state index contributed by atoms with van der Waals surface area (Å²) in [5, 5.41) is 14.6. The van der Waals surface area contributed by atoms with Crippen molar-refractivity contribution in [3.63, 3.8) is 0 Å². The molecule has 0 spiro atoms. The Morgan fingerprint density at radius 3 is 2.69 bits per heavy atom. The summed E-state index contributed by atoms with van der Waals surface area (Å²) in [5.74, 6) is 0.770. The summed E-state index contributed by atoms with van der Waals surface area (Å²) >= 11 is 1.67. The number of aliphatic hydroxyl groups is 1. The van der Waals surface area contributed by atoms with Crippen molar-refractivity contribution in [3.8, 4) is 5.75 Å². The highest BCUT2D eigenvalue weighted by Gasteiger charge is 2.21. The molecular weight excluding hydrogens is 460 g/mol. The Balaban J connectivity index is 1.02. The molecule has 8 heteroatoms. The molecule has 1 aliphatic carbocycles. The van der Waals surface area contributed by atoms with E-state index in [-0.39, 0.29) is 12.5 Å². The van der Waals surface area contributed by atoms with Crippen molar-refractivity contribution < 1.29 is 14.6 Å². The van der Waals surface area contributed by atoms with Gasteiger partial charge < -0.3 is 15.2 Å². The molecule has 2 aromatic carbocycles. The number of hydrogen-bond acceptors (Lipinski definition) is 7. The van der Waals surface area contributed by atoms with E-state index in [0.717, 1.165) is 65.7 Å². The monoisotopic (exact) mass is 494 g/mol. The summed E-state index contributed by atoms with van der Waals surface area (Å²) in [4.78, 5) is 21.5. The van der Waals surface area contributed by atoms with E-state index in [1.165, 1.54) is 24.0 Å². The van der Waals surface area contributed by atoms with Crippen LogP contribution in [0.1, 0.15) is 29.0 Å². The second-order valence-corrected chi connectivity index (χ2v) is 10.9. The highest BCUT2D eigenvalue weighted by atomic mass is 32.1. The molecule has 2 aliphatic rings. The van der Waals surface area contributed by atoms with E-state index in [4.69, 9.17) is 4.74 Å². The van der Waals surface area contributed by atoms with Crippen molar-refractivity contribution in [2.24, 2.45) is 0 Å². The van der Waals surface area contributed by atoms with Crippen LogP contribution in [0.4, 0.5) is 5.69 Å². The van der Waals surface area contributed by atoms with Gasteiger partial charge in [-0.2, -0.15) is 0 Å². The van der Waals surface area contributed by atoms with Gasteiger partial charge in [0.2, 0.25) is 5.91 Å². The average Bonchev–Trinajstić information content (AvgIpc) is 3.23. The topological polar surface area (TPSA) is 77.9 Å². The zero-order valence-corrected chi connectivity index (χ0v) is 21.1. The van der Waals surface area contributed by atoms with E-state index in [9.17, 15) is 9.90 Å². The SMILES string of the molecule is Cc1nc2cc(OC[C@H](O)CN3CCN(CC(=O)Nc4ccc5c(c4)CCCC5)CC3)ccc2s1. The van der Waals surface area contributed by atoms with E-state index in [0.29, 0.717) is 13.1 Å². The number of hydrogen-bond donors (Lipinski definition) is 2. The number of anilines is 1. The number of carbonyl (C=O) groups is 1. The minimum atomic E-state index is -0.568. The first-order valence-electron chi connectivity index (χ1n) is 12.6. The van der Waals surface area contributed by atoms with E-state index in [1.807, 2.05) is 31.2 Å². The van der Waals surface area contributed by atoms with Gasteiger partial charge in [0.15, 0.2) is 0 Å². The molecule has 0 saturated carbocycles. The summed E-state index contributed by atoms with van der Waals surface area (Å²) < 4.78 is 6.96. The van der Waals surface area contributed by atoms with Crippen LogP contribution >= 0.6 is 11.3 Å². The maximum absolute atomic E-state index is 12.6. The number of piperazine rings is 1. The van der Waals surface area contributed by atoms with Gasteiger partial charge >= 0.3 is 0 Å². The summed E-state index contributed by atoms with van der Waals surface area (Å²) in [7, 11) is 0. The summed E-state index contributed by atoms with van der Waals surface area (Å²) in [6.45, 7) is 6.48. The molecule has 0 unspecified atom stereocenters. The van der Waals surface area contributed by atoms with E-state index in [2.05, 4.69) is 32.2 Å². The molecule has 1 amide bonds. The van der Waals surface area contributed by atoms with Crippen molar-refractivity contribution >= 4 is 33.1 Å². The Bertz CT molecular complexity index is 1170. The van der Waals surface area contributed by atoms with Gasteiger partial charge in [-0.05, 0) is 68.0 Å². The van der Waals surface area contributed by atoms with Gasteiger partial charge in [0, 0.05) is 44.5 Å². The fraction of sp³-hybridized carbons (Fsp3) is 0.481. The zero-order chi connectivity index (χ0) is 24.2. The fourth-order valence-corrected chi connectivity index (χ4v) is 5.81. The Hall–Kier alpha value is -2.52. The summed E-state index contributed by atoms with van der Waals surface area (Å²) in [6, 6.07) is 12.2. The second-order valence-electron chi connectivity index (χ2n) is 9.64. The Morgan fingerprint density at radius 2 is 1.86 bits per heavy atom. The van der Waals surface area contributed by atoms with Crippen LogP contribution in [-0.4, -0.2) is 77.8 Å². The predicted molar refractivity (Wildman–Crippen MR) is 140 cm³/mol. The molecule has 1 fully saturated rings. The Kier molecular flexibility index (Phi) is 7.63. The number of aromatic nitrogens is 1. The second kappa shape index (κ2) is 11.0. The van der Waals surface area contributed by atoms with Crippen LogP contribution < -0.4 is 10.1 Å². The number of aryl methyl sites for hydroxylation is 3. The molecule has 0 radical (unpaired) electrons. The standard InChI is InChI=1S/C27H34N4O3S/c1-19-28-25-15-24(8-9-26(25)35-19)34-18-23(32)16-30-10-12-31(13-11-30)17-27(33)29-22-7-6-20-4-2-3-5-21(20)14-22/h6-9,14-15,23,32H,2-5,10-13,16-18H2,1H3,(H,29,33)/t23-/m1/s1. The molecule has 1 atom stereocenters. The number of aliphatic hydroxyl groups excluding tert-OH is 1. The number of fused-ring (bicyclic) bond motifs is 2. The molecule has 1 saturated heterocycles. The first-order chi connectivity index (χ1) is 17.0. The summed E-state index contributed by atoms with van der Waals surface area (Å²) in [6.07, 6.45) is 4.19. The molecule has 1 aromatic heterocycles. The van der Waals surface area contributed by atoms with Crippen molar-refractivity contribution in [1.82, 2.24) is 14.8 Å². The number of β-amino-alcohol motifs (C(OH)–C–C–N with tert-alkyl or cyclic N) is 1. The van der Waals surface area contributed by atoms with Crippen molar-refractivity contribution in [3.05, 3.63) is 52.5 Å². The first-order valence-corrected chi connectivity index (χ1v) is 13.4.